The van der Waals surface area contributed by atoms with E-state index < -0.39 is 0 Å². The first-order valence-electron chi connectivity index (χ1n) is 57.3. The van der Waals surface area contributed by atoms with Gasteiger partial charge >= 0.3 is 0 Å². The third kappa shape index (κ3) is 120. The van der Waals surface area contributed by atoms with Crippen LogP contribution in [0.4, 0.5) is 0 Å². The van der Waals surface area contributed by atoms with E-state index in [0.29, 0.717) is 66.0 Å². The van der Waals surface area contributed by atoms with Gasteiger partial charge in [-0.05, 0) is 453 Å². The summed E-state index contributed by atoms with van der Waals surface area (Å²) >= 11 is 1.82. The number of likely N-dealkylation sites (N-methyl/N-ethyl adjacent to an activating group) is 1. The van der Waals surface area contributed by atoms with Crippen molar-refractivity contribution in [3.05, 3.63) is 35.4 Å². The van der Waals surface area contributed by atoms with Crippen molar-refractivity contribution in [2.45, 2.75) is 624 Å². The second-order valence-corrected chi connectivity index (χ2v) is 64.5. The number of primary amides is 1. The maximum absolute atomic E-state index is 11.5. The SMILES string of the molecule is CC(C)(C)CCC1CCN(C(C)(C)C)CC1.CC(C)(C)CCc1ccccc1CNC(C)(C)C.CC(C)(C)COCCNC(C)(C)C.CC(CCCCC(C)(C)C)NC(C)(C)C.CC(CCCNC(C)(C)C)CC(C)(C)C.CC(CCNC(C)(C)C)CCC(C)(C)C.CN(CCCCCC(C)(C)C)C(C)(C)C.CN(CCCCCC(C)(C)C)C(C)(C)C.CN([C@H](CSCCC(C)(C)C)C(N)=O)C(C)(C)C. The van der Waals surface area contributed by atoms with Crippen molar-refractivity contribution in [2.75, 3.05) is 91.7 Å². The average Bonchev–Trinajstić information content (AvgIpc) is 0.854. The molecule has 1 aromatic carbocycles. The molecule has 0 spiro atoms. The second-order valence-electron chi connectivity index (χ2n) is 63.4. The average molecular weight is 2000 g/mol. The Kier molecular flexibility index (Phi) is 76.6. The molecule has 1 saturated heterocycles. The van der Waals surface area contributed by atoms with Crippen molar-refractivity contribution in [1.29, 1.82) is 0 Å². The number of thioether (sulfide) groups is 1. The molecule has 3 unspecified atom stereocenters. The zero-order valence-electron chi connectivity index (χ0n) is 108. The quantitative estimate of drug-likeness (QED) is 0.0350. The molecule has 4 atom stereocenters. The van der Waals surface area contributed by atoms with Gasteiger partial charge in [0.1, 0.15) is 0 Å². The molecule has 1 aromatic rings. The van der Waals surface area contributed by atoms with Crippen LogP contribution < -0.4 is 32.3 Å². The summed E-state index contributed by atoms with van der Waals surface area (Å²) in [5.41, 5.74) is 14.6. The Morgan fingerprint density at radius 2 is 0.779 bits per heavy atom. The van der Waals surface area contributed by atoms with Crippen LogP contribution in [0.15, 0.2) is 24.3 Å². The third-order valence-corrected chi connectivity index (χ3v) is 26.3. The highest BCUT2D eigenvalue weighted by Crippen LogP contribution is 2.34. The fourth-order valence-electron chi connectivity index (χ4n) is 15.2. The van der Waals surface area contributed by atoms with E-state index in [0.717, 1.165) is 75.1 Å². The van der Waals surface area contributed by atoms with Crippen molar-refractivity contribution >= 4 is 17.7 Å². The van der Waals surface area contributed by atoms with Gasteiger partial charge in [0, 0.05) is 74.7 Å². The van der Waals surface area contributed by atoms with E-state index >= 15 is 0 Å². The molecule has 1 fully saturated rings. The van der Waals surface area contributed by atoms with Crippen molar-refractivity contribution in [3.8, 4) is 0 Å². The Balaban J connectivity index is -0.000000285. The highest BCUT2D eigenvalue weighted by atomic mass is 32.2. The van der Waals surface area contributed by atoms with Crippen LogP contribution in [-0.4, -0.2) is 179 Å². The number of piperidine rings is 1. The Labute approximate surface area is 890 Å². The number of hydrogen-bond acceptors (Lipinski definition) is 12. The monoisotopic (exact) mass is 2000 g/mol. The van der Waals surface area contributed by atoms with Gasteiger partial charge < -0.3 is 46.9 Å². The molecule has 0 radical (unpaired) electrons. The van der Waals surface area contributed by atoms with Crippen LogP contribution in [0.5, 0.6) is 0 Å². The van der Waals surface area contributed by atoms with Gasteiger partial charge in [-0.3, -0.25) is 14.6 Å². The number of nitrogens with one attached hydrogen (secondary N) is 5. The van der Waals surface area contributed by atoms with Gasteiger partial charge in [-0.2, -0.15) is 11.8 Å². The fourth-order valence-corrected chi connectivity index (χ4v) is 16.7. The van der Waals surface area contributed by atoms with Crippen molar-refractivity contribution < 1.29 is 9.53 Å². The number of nitrogens with two attached hydrogens (primary N) is 1. The minimum atomic E-state index is -0.226. The number of ether oxygens (including phenoxy) is 1. The standard InChI is InChI=1S/C17H29N.C15H31N.C14H30N2OS.5C14H31N.C11H25NO/c1-16(2,3)12-11-14-9-7-8-10-15(14)13-18-17(4,5)6;1-14(2,3)10-7-13-8-11-16(12-9-13)15(4,5)6;1-13(2,3)8-9-18-10-11(12(15)17)16(7)14(4,5)6;1-12(8-10-13(2,3)4)9-11-15-14(5,6)7;1-12(11-13(2,3)4)9-8-10-15-14(5,6)7;2*1-13(2,3)11-9-8-10-12-15(7)14(4,5)6;1-12(15-14(5,6)7)10-8-9-11-13(2,3)4;1-10(2,3)9-13-8-7-12-11(4,5)6/h7-10,18H,11-13H2,1-6H3;13H,7-12H2,1-6H3;11H,8-10H2,1-7H3,(H2,15,17);2*12,15H,8-11H2,1-7H3;2*8-12H2,1-7H3;12,15H,8-11H2,1-7H3;12H,7-9H2,1-6H3/t;;11-;;;;;;/m..1....../s1. The van der Waals surface area contributed by atoms with Gasteiger partial charge in [-0.15, -0.1) is 0 Å². The topological polar surface area (TPSA) is 125 Å². The maximum atomic E-state index is 11.5. The molecule has 2 rings (SSSR count). The molecule has 0 bridgehead atoms. The fraction of sp³-hybridized carbons (Fsp3) is 0.945. The molecule has 13 heteroatoms. The predicted molar refractivity (Wildman–Crippen MR) is 645 cm³/mol. The number of rotatable bonds is 41. The minimum absolute atomic E-state index is 0.0374. The number of benzene rings is 1. The molecule has 7 N–H and O–H groups in total. The van der Waals surface area contributed by atoms with E-state index in [4.69, 9.17) is 10.5 Å². The van der Waals surface area contributed by atoms with E-state index in [2.05, 4.69) is 479 Å². The number of likely N-dealkylation sites (tertiary alicyclic amines) is 1. The lowest BCUT2D eigenvalue weighted by atomic mass is 9.83. The van der Waals surface area contributed by atoms with Crippen LogP contribution in [-0.2, 0) is 22.5 Å². The molecule has 140 heavy (non-hydrogen) atoms. The lowest BCUT2D eigenvalue weighted by Crippen LogP contribution is -2.52. The van der Waals surface area contributed by atoms with Crippen molar-refractivity contribution in [1.82, 2.24) is 46.2 Å². The van der Waals surface area contributed by atoms with E-state index in [1.54, 1.807) is 0 Å². The van der Waals surface area contributed by atoms with Gasteiger partial charge in [0.05, 0.1) is 19.3 Å². The Bertz CT molecular complexity index is 2920. The summed E-state index contributed by atoms with van der Waals surface area (Å²) in [7, 11) is 6.42. The Morgan fingerprint density at radius 1 is 0.393 bits per heavy atom. The van der Waals surface area contributed by atoms with E-state index in [1.807, 2.05) is 18.8 Å². The van der Waals surface area contributed by atoms with Crippen LogP contribution in [0.3, 0.4) is 0 Å². The lowest BCUT2D eigenvalue weighted by Gasteiger charge is -2.41. The van der Waals surface area contributed by atoms with Gasteiger partial charge in [0.25, 0.3) is 0 Å². The summed E-state index contributed by atoms with van der Waals surface area (Å²) in [6, 6.07) is 9.26. The third-order valence-electron chi connectivity index (χ3n) is 25.3. The van der Waals surface area contributed by atoms with Crippen LogP contribution >= 0.6 is 11.8 Å². The van der Waals surface area contributed by atoms with Crippen LogP contribution in [0, 0.1) is 66.5 Å². The molecular weight excluding hydrogens is 1730 g/mol. The smallest absolute Gasteiger partial charge is 0.235 e. The molecular formula is C127H270N10O2S. The predicted octanol–water partition coefficient (Wildman–Crippen LogP) is 35.5. The number of nitrogens with zero attached hydrogens (tertiary/aromatic N) is 4. The molecule has 0 aliphatic carbocycles. The number of carbonyl (C=O) groups excluding carboxylic acids is 1. The molecule has 1 heterocycles. The second kappa shape index (κ2) is 70.7. The van der Waals surface area contributed by atoms with Gasteiger partial charge in [0.2, 0.25) is 5.91 Å². The number of hydrogen-bond donors (Lipinski definition) is 6. The molecule has 1 amide bonds. The summed E-state index contributed by atoms with van der Waals surface area (Å²) < 4.78 is 5.53. The number of unbranched alkanes of at least 4 members (excludes halogenated alkanes) is 5. The minimum Gasteiger partial charge on any atom is -0.380 e. The molecule has 1 aliphatic heterocycles. The largest absolute Gasteiger partial charge is 0.380 e. The first kappa shape index (κ1) is 152. The summed E-state index contributed by atoms with van der Waals surface area (Å²) in [5.74, 6) is 4.31. The van der Waals surface area contributed by atoms with E-state index in [9.17, 15) is 4.79 Å². The molecule has 12 nitrogen and oxygen atoms in total. The molecule has 846 valence electrons. The van der Waals surface area contributed by atoms with Gasteiger partial charge in [-0.1, -0.05) is 270 Å². The summed E-state index contributed by atoms with van der Waals surface area (Å²) in [5, 5.41) is 17.7. The number of amides is 1. The van der Waals surface area contributed by atoms with Gasteiger partial charge in [0.15, 0.2) is 0 Å². The van der Waals surface area contributed by atoms with Crippen LogP contribution in [0.2, 0.25) is 0 Å². The number of carbonyl (C=O) groups is 1. The summed E-state index contributed by atoms with van der Waals surface area (Å²) in [6.45, 7) is 140. The van der Waals surface area contributed by atoms with E-state index in [1.165, 1.54) is 191 Å². The lowest BCUT2D eigenvalue weighted by molar-refractivity contribution is -0.123. The first-order valence-corrected chi connectivity index (χ1v) is 58.4. The molecule has 1 aliphatic rings. The Hall–Kier alpha value is -1.36. The first-order chi connectivity index (χ1) is 62.1. The highest BCUT2D eigenvalue weighted by molar-refractivity contribution is 7.99. The Morgan fingerprint density at radius 3 is 1.13 bits per heavy atom. The summed E-state index contributed by atoms with van der Waals surface area (Å²) in [4.78, 5) is 21.2. The van der Waals surface area contributed by atoms with E-state index in [-0.39, 0.29) is 50.6 Å². The van der Waals surface area contributed by atoms with Crippen molar-refractivity contribution in [2.24, 2.45) is 72.2 Å². The van der Waals surface area contributed by atoms with Crippen LogP contribution in [0.1, 0.15) is 560 Å². The highest BCUT2D eigenvalue weighted by Gasteiger charge is 2.32. The number of aryl methyl sites for hydroxylation is 1. The normalized spacial score (nSPS) is 15.1. The van der Waals surface area contributed by atoms with Crippen LogP contribution in [0.25, 0.3) is 0 Å². The van der Waals surface area contributed by atoms with Crippen molar-refractivity contribution in [3.63, 3.8) is 0 Å². The zero-order valence-corrected chi connectivity index (χ0v) is 109. The summed E-state index contributed by atoms with van der Waals surface area (Å²) in [6.07, 6.45) is 33.4. The molecule has 0 saturated carbocycles. The maximum Gasteiger partial charge on any atom is 0.235 e. The zero-order chi connectivity index (χ0) is 112. The van der Waals surface area contributed by atoms with Gasteiger partial charge in [-0.25, -0.2) is 0 Å². The molecule has 0 aromatic heterocycles.